The molecule has 0 aliphatic heterocycles. The number of aryl methyl sites for hydroxylation is 1. The zero-order valence-corrected chi connectivity index (χ0v) is 13.5. The van der Waals surface area contributed by atoms with E-state index in [9.17, 15) is 4.79 Å². The molecule has 6 nitrogen and oxygen atoms in total. The van der Waals surface area contributed by atoms with E-state index in [1.807, 2.05) is 12.1 Å². The van der Waals surface area contributed by atoms with Crippen molar-refractivity contribution in [3.63, 3.8) is 0 Å². The van der Waals surface area contributed by atoms with E-state index >= 15 is 0 Å². The van der Waals surface area contributed by atoms with E-state index in [1.54, 1.807) is 13.2 Å². The average molecular weight is 314 g/mol. The second-order valence-corrected chi connectivity index (χ2v) is 5.17. The maximum Gasteiger partial charge on any atom is 0.270 e. The minimum absolute atomic E-state index is 0.206. The summed E-state index contributed by atoms with van der Waals surface area (Å²) in [6, 6.07) is 9.80. The number of carbonyl (C=O) groups is 1. The van der Waals surface area contributed by atoms with Crippen LogP contribution >= 0.6 is 0 Å². The lowest BCUT2D eigenvalue weighted by atomic mass is 10.1. The molecule has 23 heavy (non-hydrogen) atoms. The number of methoxy groups -OCH3 is 1. The van der Waals surface area contributed by atoms with Gasteiger partial charge in [0.05, 0.1) is 0 Å². The van der Waals surface area contributed by atoms with Crippen LogP contribution < -0.4 is 10.6 Å². The predicted molar refractivity (Wildman–Crippen MR) is 89.4 cm³/mol. The monoisotopic (exact) mass is 314 g/mol. The topological polar surface area (TPSA) is 76.1 Å². The third kappa shape index (κ3) is 5.34. The molecule has 0 unspecified atom stereocenters. The molecule has 1 aromatic carbocycles. The lowest BCUT2D eigenvalue weighted by Crippen LogP contribution is -2.26. The fourth-order valence-electron chi connectivity index (χ4n) is 2.08. The van der Waals surface area contributed by atoms with E-state index in [0.29, 0.717) is 31.2 Å². The number of amides is 1. The summed E-state index contributed by atoms with van der Waals surface area (Å²) in [5.41, 5.74) is 2.76. The van der Waals surface area contributed by atoms with Gasteiger partial charge in [0, 0.05) is 32.9 Å². The van der Waals surface area contributed by atoms with Crippen LogP contribution in [0.15, 0.2) is 36.7 Å². The Hall–Kier alpha value is -2.47. The van der Waals surface area contributed by atoms with Crippen molar-refractivity contribution in [2.24, 2.45) is 0 Å². The van der Waals surface area contributed by atoms with Crippen molar-refractivity contribution in [2.45, 2.75) is 19.9 Å². The van der Waals surface area contributed by atoms with E-state index in [2.05, 4.69) is 39.7 Å². The van der Waals surface area contributed by atoms with Crippen LogP contribution in [0.2, 0.25) is 0 Å². The van der Waals surface area contributed by atoms with Gasteiger partial charge in [-0.05, 0) is 24.5 Å². The van der Waals surface area contributed by atoms with Gasteiger partial charge in [-0.2, -0.15) is 0 Å². The highest BCUT2D eigenvalue weighted by Gasteiger charge is 2.08. The van der Waals surface area contributed by atoms with Crippen molar-refractivity contribution in [3.05, 3.63) is 53.5 Å². The van der Waals surface area contributed by atoms with Gasteiger partial charge in [-0.25, -0.2) is 9.97 Å². The molecular formula is C17H22N4O2. The van der Waals surface area contributed by atoms with Crippen LogP contribution in [0.1, 0.15) is 28.0 Å². The number of aromatic nitrogens is 2. The van der Waals surface area contributed by atoms with E-state index in [0.717, 1.165) is 6.42 Å². The zero-order chi connectivity index (χ0) is 16.5. The smallest absolute Gasteiger partial charge is 0.270 e. The van der Waals surface area contributed by atoms with Crippen molar-refractivity contribution >= 4 is 11.7 Å². The summed E-state index contributed by atoms with van der Waals surface area (Å²) < 4.78 is 4.95. The first-order valence-corrected chi connectivity index (χ1v) is 7.58. The normalized spacial score (nSPS) is 10.3. The van der Waals surface area contributed by atoms with Crippen molar-refractivity contribution in [3.8, 4) is 0 Å². The van der Waals surface area contributed by atoms with Gasteiger partial charge in [0.2, 0.25) is 0 Å². The van der Waals surface area contributed by atoms with Gasteiger partial charge >= 0.3 is 0 Å². The molecule has 0 aliphatic carbocycles. The number of hydrogen-bond donors (Lipinski definition) is 2. The Morgan fingerprint density at radius 2 is 2.09 bits per heavy atom. The van der Waals surface area contributed by atoms with Gasteiger partial charge in [-0.1, -0.05) is 24.3 Å². The van der Waals surface area contributed by atoms with Gasteiger partial charge in [-0.15, -0.1) is 0 Å². The Morgan fingerprint density at radius 1 is 1.26 bits per heavy atom. The summed E-state index contributed by atoms with van der Waals surface area (Å²) >= 11 is 0. The number of anilines is 1. The predicted octanol–water partition coefficient (Wildman–Crippen LogP) is 2.16. The number of benzene rings is 1. The third-order valence-electron chi connectivity index (χ3n) is 3.43. The largest absolute Gasteiger partial charge is 0.385 e. The van der Waals surface area contributed by atoms with Gasteiger partial charge < -0.3 is 15.4 Å². The van der Waals surface area contributed by atoms with Crippen LogP contribution in [0.4, 0.5) is 5.82 Å². The molecule has 2 rings (SSSR count). The van der Waals surface area contributed by atoms with Crippen LogP contribution in [0.3, 0.4) is 0 Å². The SMILES string of the molecule is COCCCNC(=O)c1cc(NCc2ccccc2C)ncn1. The highest BCUT2D eigenvalue weighted by Crippen LogP contribution is 2.10. The molecule has 0 fully saturated rings. The Morgan fingerprint density at radius 3 is 2.87 bits per heavy atom. The lowest BCUT2D eigenvalue weighted by molar-refractivity contribution is 0.0943. The molecule has 0 aliphatic rings. The Balaban J connectivity index is 1.91. The van der Waals surface area contributed by atoms with Crippen LogP contribution in [-0.2, 0) is 11.3 Å². The highest BCUT2D eigenvalue weighted by molar-refractivity contribution is 5.92. The Labute approximate surface area is 136 Å². The zero-order valence-electron chi connectivity index (χ0n) is 13.5. The molecule has 1 heterocycles. The van der Waals surface area contributed by atoms with Crippen molar-refractivity contribution < 1.29 is 9.53 Å². The summed E-state index contributed by atoms with van der Waals surface area (Å²) in [6.07, 6.45) is 2.16. The number of rotatable bonds is 8. The summed E-state index contributed by atoms with van der Waals surface area (Å²) in [7, 11) is 1.64. The average Bonchev–Trinajstić information content (AvgIpc) is 2.58. The number of nitrogens with zero attached hydrogens (tertiary/aromatic N) is 2. The van der Waals surface area contributed by atoms with E-state index < -0.39 is 0 Å². The van der Waals surface area contributed by atoms with E-state index in [1.165, 1.54) is 17.5 Å². The lowest BCUT2D eigenvalue weighted by Gasteiger charge is -2.09. The number of hydrogen-bond acceptors (Lipinski definition) is 5. The molecule has 2 aromatic rings. The van der Waals surface area contributed by atoms with Crippen molar-refractivity contribution in [1.29, 1.82) is 0 Å². The quantitative estimate of drug-likeness (QED) is 0.730. The molecule has 0 radical (unpaired) electrons. The molecule has 0 saturated heterocycles. The molecule has 0 spiro atoms. The standard InChI is InChI=1S/C17H22N4O2/c1-13-6-3-4-7-14(13)11-19-16-10-15(20-12-21-16)17(22)18-8-5-9-23-2/h3-4,6-7,10,12H,5,8-9,11H2,1-2H3,(H,18,22)(H,19,20,21). The van der Waals surface area contributed by atoms with Crippen LogP contribution in [0, 0.1) is 6.92 Å². The highest BCUT2D eigenvalue weighted by atomic mass is 16.5. The minimum Gasteiger partial charge on any atom is -0.385 e. The van der Waals surface area contributed by atoms with E-state index in [4.69, 9.17) is 4.74 Å². The molecule has 6 heteroatoms. The first-order valence-electron chi connectivity index (χ1n) is 7.58. The summed E-state index contributed by atoms with van der Waals surface area (Å²) in [5, 5.41) is 6.03. The molecule has 1 aromatic heterocycles. The van der Waals surface area contributed by atoms with Crippen LogP contribution in [-0.4, -0.2) is 36.1 Å². The molecule has 2 N–H and O–H groups in total. The molecule has 122 valence electrons. The fourth-order valence-corrected chi connectivity index (χ4v) is 2.08. The van der Waals surface area contributed by atoms with Crippen LogP contribution in [0.25, 0.3) is 0 Å². The van der Waals surface area contributed by atoms with E-state index in [-0.39, 0.29) is 5.91 Å². The fraction of sp³-hybridized carbons (Fsp3) is 0.353. The van der Waals surface area contributed by atoms with Crippen molar-refractivity contribution in [1.82, 2.24) is 15.3 Å². The molecule has 0 saturated carbocycles. The molecule has 0 bridgehead atoms. The van der Waals surface area contributed by atoms with Gasteiger partial charge in [-0.3, -0.25) is 4.79 Å². The first kappa shape index (κ1) is 16.9. The summed E-state index contributed by atoms with van der Waals surface area (Å²) in [4.78, 5) is 20.2. The van der Waals surface area contributed by atoms with Gasteiger partial charge in [0.15, 0.2) is 0 Å². The number of ether oxygens (including phenoxy) is 1. The second kappa shape index (κ2) is 8.85. The van der Waals surface area contributed by atoms with Crippen LogP contribution in [0.5, 0.6) is 0 Å². The van der Waals surface area contributed by atoms with Gasteiger partial charge in [0.1, 0.15) is 17.8 Å². The maximum atomic E-state index is 12.0. The maximum absolute atomic E-state index is 12.0. The molecular weight excluding hydrogens is 292 g/mol. The van der Waals surface area contributed by atoms with Crippen molar-refractivity contribution in [2.75, 3.05) is 25.6 Å². The van der Waals surface area contributed by atoms with Gasteiger partial charge in [0.25, 0.3) is 5.91 Å². The Bertz CT molecular complexity index is 646. The number of nitrogens with one attached hydrogen (secondary N) is 2. The summed E-state index contributed by atoms with van der Waals surface area (Å²) in [6.45, 7) is 3.89. The number of carbonyl (C=O) groups excluding carboxylic acids is 1. The third-order valence-corrected chi connectivity index (χ3v) is 3.43. The summed E-state index contributed by atoms with van der Waals surface area (Å²) in [5.74, 6) is 0.424. The first-order chi connectivity index (χ1) is 11.2. The second-order valence-electron chi connectivity index (χ2n) is 5.17. The minimum atomic E-state index is -0.206. The Kier molecular flexibility index (Phi) is 6.50. The molecule has 0 atom stereocenters. The molecule has 1 amide bonds.